The number of β-lactam (4-membered cyclic amide) rings is 1. The van der Waals surface area contributed by atoms with Gasteiger partial charge in [0.1, 0.15) is 0 Å². The Morgan fingerprint density at radius 1 is 0.941 bits per heavy atom. The fourth-order valence-corrected chi connectivity index (χ4v) is 6.19. The number of carbonyl (C=O) groups is 3. The van der Waals surface area contributed by atoms with Gasteiger partial charge in [-0.05, 0) is 0 Å². The monoisotopic (exact) mass is 522 g/mol. The Hall–Kier alpha value is -3.61. The van der Waals surface area contributed by atoms with Gasteiger partial charge in [-0.3, -0.25) is 0 Å². The van der Waals surface area contributed by atoms with Crippen LogP contribution in [0.25, 0.3) is 0 Å². The van der Waals surface area contributed by atoms with Crippen molar-refractivity contribution in [3.8, 4) is 5.75 Å². The molecular weight excluding hydrogens is 499 g/mol. The van der Waals surface area contributed by atoms with Crippen molar-refractivity contribution in [2.75, 3.05) is 18.6 Å². The number of cyclic esters (lactones) is 1. The molecule has 3 atom stereocenters. The van der Waals surface area contributed by atoms with Gasteiger partial charge in [-0.2, -0.15) is 0 Å². The Morgan fingerprint density at radius 3 is 2.24 bits per heavy atom. The Morgan fingerprint density at radius 2 is 1.59 bits per heavy atom. The number of ether oxygens (including phenoxy) is 2. The molecule has 5 rings (SSSR count). The van der Waals surface area contributed by atoms with Gasteiger partial charge in [0, 0.05) is 0 Å². The van der Waals surface area contributed by atoms with Gasteiger partial charge in [-0.15, -0.1) is 0 Å². The molecule has 2 saturated heterocycles. The van der Waals surface area contributed by atoms with E-state index >= 15 is 0 Å². The number of hydrogen-bond donors (Lipinski definition) is 0. The second-order valence-corrected chi connectivity index (χ2v) is 10.2. The molecule has 2 aliphatic rings. The zero-order valence-electron chi connectivity index (χ0n) is 18.4. The molecule has 0 N–H and O–H groups in total. The minimum absolute atomic E-state index is 0.0781. The van der Waals surface area contributed by atoms with Crippen molar-refractivity contribution in [1.82, 2.24) is 4.90 Å². The van der Waals surface area contributed by atoms with Crippen molar-refractivity contribution >= 4 is 41.8 Å². The number of methoxy groups -OCH3 is 1. The predicted octanol–water partition coefficient (Wildman–Crippen LogP) is 2.53. The first-order valence-corrected chi connectivity index (χ1v) is 12.5. The predicted molar refractivity (Wildman–Crippen MR) is 127 cm³/mol. The molecular formula is C26H22N2O5Se. The Kier molecular flexibility index (Phi) is 6.09. The van der Waals surface area contributed by atoms with Crippen molar-refractivity contribution in [3.63, 3.8) is 0 Å². The van der Waals surface area contributed by atoms with E-state index < -0.39 is 39.2 Å². The first-order valence-electron chi connectivity index (χ1n) is 10.8. The summed E-state index contributed by atoms with van der Waals surface area (Å²) in [5, 5.41) is 0. The van der Waals surface area contributed by atoms with Crippen molar-refractivity contribution < 1.29 is 23.9 Å². The van der Waals surface area contributed by atoms with Crippen LogP contribution in [0.3, 0.4) is 0 Å². The van der Waals surface area contributed by atoms with Crippen LogP contribution in [0.1, 0.15) is 11.6 Å². The SMILES string of the molecule is COc1ccc(N2C(=O)[C@@H](N3C(=O)OC[C@@H]3c3ccccc3)[C@H]2C(=O)[Se]c2ccccc2)cc1. The van der Waals surface area contributed by atoms with E-state index in [0.29, 0.717) is 11.4 Å². The van der Waals surface area contributed by atoms with Gasteiger partial charge in [-0.25, -0.2) is 0 Å². The Labute approximate surface area is 203 Å². The van der Waals surface area contributed by atoms with Crippen molar-refractivity contribution in [2.45, 2.75) is 18.1 Å². The van der Waals surface area contributed by atoms with E-state index in [1.165, 1.54) is 9.80 Å². The molecule has 0 aromatic heterocycles. The number of amides is 2. The van der Waals surface area contributed by atoms with Crippen LogP contribution in [-0.4, -0.2) is 62.3 Å². The molecule has 2 heterocycles. The van der Waals surface area contributed by atoms with Gasteiger partial charge in [0.25, 0.3) is 0 Å². The van der Waals surface area contributed by atoms with E-state index in [1.54, 1.807) is 31.4 Å². The molecule has 0 bridgehead atoms. The minimum atomic E-state index is -0.916. The van der Waals surface area contributed by atoms with Crippen molar-refractivity contribution in [1.29, 1.82) is 0 Å². The third kappa shape index (κ3) is 3.95. The summed E-state index contributed by atoms with van der Waals surface area (Å²) in [6.45, 7) is 0.139. The zero-order valence-corrected chi connectivity index (χ0v) is 20.1. The van der Waals surface area contributed by atoms with Crippen molar-refractivity contribution in [2.24, 2.45) is 0 Å². The number of rotatable bonds is 7. The van der Waals surface area contributed by atoms with Gasteiger partial charge in [0.15, 0.2) is 0 Å². The van der Waals surface area contributed by atoms with Crippen LogP contribution in [0.5, 0.6) is 5.75 Å². The number of benzene rings is 3. The summed E-state index contributed by atoms with van der Waals surface area (Å²) in [6, 6.07) is 23.8. The normalized spacial score (nSPS) is 21.7. The van der Waals surface area contributed by atoms with Crippen LogP contribution in [0.2, 0.25) is 0 Å². The van der Waals surface area contributed by atoms with Crippen molar-refractivity contribution in [3.05, 3.63) is 90.5 Å². The molecule has 2 aliphatic heterocycles. The van der Waals surface area contributed by atoms with Crippen LogP contribution in [0.15, 0.2) is 84.9 Å². The third-order valence-electron chi connectivity index (χ3n) is 6.02. The van der Waals surface area contributed by atoms with E-state index in [2.05, 4.69) is 0 Å². The summed E-state index contributed by atoms with van der Waals surface area (Å²) < 4.78 is 11.4. The zero-order chi connectivity index (χ0) is 23.7. The average molecular weight is 521 g/mol. The molecule has 0 spiro atoms. The van der Waals surface area contributed by atoms with Gasteiger partial charge < -0.3 is 0 Å². The second-order valence-electron chi connectivity index (χ2n) is 7.94. The summed E-state index contributed by atoms with van der Waals surface area (Å²) in [4.78, 5) is 42.8. The number of carbonyl (C=O) groups excluding carboxylic acids is 3. The molecule has 3 aromatic carbocycles. The Bertz CT molecular complexity index is 1200. The van der Waals surface area contributed by atoms with Gasteiger partial charge in [0.2, 0.25) is 0 Å². The van der Waals surface area contributed by atoms with Gasteiger partial charge in [0.05, 0.1) is 0 Å². The quantitative estimate of drug-likeness (QED) is 0.353. The van der Waals surface area contributed by atoms with Gasteiger partial charge >= 0.3 is 204 Å². The maximum absolute atomic E-state index is 13.6. The van der Waals surface area contributed by atoms with E-state index in [9.17, 15) is 14.4 Å². The van der Waals surface area contributed by atoms with E-state index in [4.69, 9.17) is 9.47 Å². The maximum atomic E-state index is 13.6. The van der Waals surface area contributed by atoms with Crippen LogP contribution in [-0.2, 0) is 14.3 Å². The van der Waals surface area contributed by atoms with Crippen LogP contribution < -0.4 is 14.1 Å². The summed E-state index contributed by atoms with van der Waals surface area (Å²) in [5.41, 5.74) is 1.46. The number of anilines is 1. The summed E-state index contributed by atoms with van der Waals surface area (Å²) in [7, 11) is 1.57. The van der Waals surface area contributed by atoms with E-state index in [0.717, 1.165) is 10.0 Å². The topological polar surface area (TPSA) is 76.2 Å². The molecule has 34 heavy (non-hydrogen) atoms. The Balaban J connectivity index is 1.50. The van der Waals surface area contributed by atoms with Crippen LogP contribution >= 0.6 is 0 Å². The molecule has 2 amide bonds. The molecule has 3 aromatic rings. The first kappa shape index (κ1) is 22.2. The molecule has 0 saturated carbocycles. The molecule has 0 unspecified atom stereocenters. The standard InChI is InChI=1S/C26H22N2O5Se/c1-32-19-14-12-18(13-15-19)27-23(25(30)34-20-10-6-3-7-11-20)22(24(27)29)28-21(16-33-26(28)31)17-8-4-2-5-9-17/h2-15,21-23H,16H2,1H3/t21-,22+,23+/m1/s1. The molecule has 172 valence electrons. The second kappa shape index (κ2) is 9.33. The first-order chi connectivity index (χ1) is 16.6. The number of nitrogens with zero attached hydrogens (tertiary/aromatic N) is 2. The van der Waals surface area contributed by atoms with E-state index in [-0.39, 0.29) is 17.2 Å². The molecule has 0 radical (unpaired) electrons. The average Bonchev–Trinajstić information content (AvgIpc) is 3.24. The summed E-state index contributed by atoms with van der Waals surface area (Å²) in [6.07, 6.45) is -0.577. The fourth-order valence-electron chi connectivity index (χ4n) is 4.35. The molecule has 8 heteroatoms. The molecule has 7 nitrogen and oxygen atoms in total. The summed E-state index contributed by atoms with van der Waals surface area (Å²) in [5.74, 6) is 0.351. The fraction of sp³-hybridized carbons (Fsp3) is 0.192. The molecule has 2 fully saturated rings. The third-order valence-corrected chi connectivity index (χ3v) is 8.01. The van der Waals surface area contributed by atoms with Crippen LogP contribution in [0.4, 0.5) is 10.5 Å². The van der Waals surface area contributed by atoms with Crippen LogP contribution in [0, 0.1) is 0 Å². The van der Waals surface area contributed by atoms with Gasteiger partial charge in [-0.1, -0.05) is 0 Å². The number of hydrogen-bond acceptors (Lipinski definition) is 5. The summed E-state index contributed by atoms with van der Waals surface area (Å²) >= 11 is -0.526. The van der Waals surface area contributed by atoms with E-state index in [1.807, 2.05) is 60.7 Å². The molecule has 0 aliphatic carbocycles.